The number of piperazine rings is 1. The van der Waals surface area contributed by atoms with E-state index in [1.807, 2.05) is 17.9 Å². The first-order chi connectivity index (χ1) is 11.6. The molecule has 0 saturated carbocycles. The van der Waals surface area contributed by atoms with Crippen LogP contribution < -0.4 is 0 Å². The minimum Gasteiger partial charge on any atom is -0.336 e. The van der Waals surface area contributed by atoms with Crippen LogP contribution in [-0.4, -0.2) is 48.4 Å². The number of hydrogen-bond acceptors (Lipinski definition) is 2. The molecule has 0 spiro atoms. The number of amides is 1. The van der Waals surface area contributed by atoms with Crippen LogP contribution in [-0.2, 0) is 6.42 Å². The molecule has 0 aliphatic carbocycles. The Labute approximate surface area is 142 Å². The third-order valence-electron chi connectivity index (χ3n) is 4.65. The van der Waals surface area contributed by atoms with Crippen molar-refractivity contribution >= 4 is 5.91 Å². The number of benzene rings is 2. The van der Waals surface area contributed by atoms with Crippen molar-refractivity contribution < 1.29 is 9.18 Å². The number of carbonyl (C=O) groups is 1. The number of hydrogen-bond donors (Lipinski definition) is 0. The van der Waals surface area contributed by atoms with Crippen LogP contribution in [0.5, 0.6) is 0 Å². The standard InChI is InChI=1S/C20H23FN2O/c1-16-7-8-18(21)15-19(16)20(24)23-13-11-22(12-14-23)10-9-17-5-3-2-4-6-17/h2-8,15H,9-14H2,1H3. The molecule has 0 unspecified atom stereocenters. The van der Waals surface area contributed by atoms with Gasteiger partial charge in [0.2, 0.25) is 0 Å². The second-order valence-electron chi connectivity index (χ2n) is 6.33. The Morgan fingerprint density at radius 1 is 1.04 bits per heavy atom. The Balaban J connectivity index is 1.53. The zero-order valence-electron chi connectivity index (χ0n) is 14.0. The highest BCUT2D eigenvalue weighted by atomic mass is 19.1. The summed E-state index contributed by atoms with van der Waals surface area (Å²) >= 11 is 0. The van der Waals surface area contributed by atoms with Gasteiger partial charge >= 0.3 is 0 Å². The van der Waals surface area contributed by atoms with E-state index in [1.54, 1.807) is 6.07 Å². The van der Waals surface area contributed by atoms with Crippen molar-refractivity contribution in [2.24, 2.45) is 0 Å². The van der Waals surface area contributed by atoms with Gasteiger partial charge in [-0.15, -0.1) is 0 Å². The van der Waals surface area contributed by atoms with Gasteiger partial charge in [0.05, 0.1) is 0 Å². The van der Waals surface area contributed by atoms with E-state index in [0.717, 1.165) is 31.6 Å². The average Bonchev–Trinajstić information content (AvgIpc) is 2.63. The smallest absolute Gasteiger partial charge is 0.254 e. The Hall–Kier alpha value is -2.20. The van der Waals surface area contributed by atoms with Crippen molar-refractivity contribution in [3.63, 3.8) is 0 Å². The summed E-state index contributed by atoms with van der Waals surface area (Å²) in [6.45, 7) is 5.99. The molecule has 126 valence electrons. The highest BCUT2D eigenvalue weighted by molar-refractivity contribution is 5.95. The molecule has 24 heavy (non-hydrogen) atoms. The van der Waals surface area contributed by atoms with E-state index in [9.17, 15) is 9.18 Å². The number of carbonyl (C=O) groups excluding carboxylic acids is 1. The molecule has 4 heteroatoms. The van der Waals surface area contributed by atoms with Crippen molar-refractivity contribution in [3.8, 4) is 0 Å². The summed E-state index contributed by atoms with van der Waals surface area (Å²) in [5.41, 5.74) is 2.65. The summed E-state index contributed by atoms with van der Waals surface area (Å²) in [6.07, 6.45) is 1.03. The van der Waals surface area contributed by atoms with Crippen LogP contribution in [0.3, 0.4) is 0 Å². The van der Waals surface area contributed by atoms with Gasteiger partial charge in [0.1, 0.15) is 5.82 Å². The highest BCUT2D eigenvalue weighted by Crippen LogP contribution is 2.15. The summed E-state index contributed by atoms with van der Waals surface area (Å²) in [4.78, 5) is 16.8. The quantitative estimate of drug-likeness (QED) is 0.862. The van der Waals surface area contributed by atoms with Crippen molar-refractivity contribution in [3.05, 3.63) is 71.0 Å². The van der Waals surface area contributed by atoms with Crippen LogP contribution in [0.1, 0.15) is 21.5 Å². The lowest BCUT2D eigenvalue weighted by molar-refractivity contribution is 0.0637. The third-order valence-corrected chi connectivity index (χ3v) is 4.65. The van der Waals surface area contributed by atoms with Crippen molar-refractivity contribution in [1.82, 2.24) is 9.80 Å². The number of nitrogens with zero attached hydrogens (tertiary/aromatic N) is 2. The van der Waals surface area contributed by atoms with Gasteiger partial charge in [0.15, 0.2) is 0 Å². The lowest BCUT2D eigenvalue weighted by Gasteiger charge is -2.35. The maximum Gasteiger partial charge on any atom is 0.254 e. The first kappa shape index (κ1) is 16.7. The summed E-state index contributed by atoms with van der Waals surface area (Å²) in [6, 6.07) is 14.9. The summed E-state index contributed by atoms with van der Waals surface area (Å²) in [7, 11) is 0. The molecule has 1 fully saturated rings. The van der Waals surface area contributed by atoms with E-state index < -0.39 is 0 Å². The highest BCUT2D eigenvalue weighted by Gasteiger charge is 2.23. The van der Waals surface area contributed by atoms with Crippen LogP contribution in [0, 0.1) is 12.7 Å². The SMILES string of the molecule is Cc1ccc(F)cc1C(=O)N1CCN(CCc2ccccc2)CC1. The Morgan fingerprint density at radius 2 is 1.75 bits per heavy atom. The lowest BCUT2D eigenvalue weighted by atomic mass is 10.1. The summed E-state index contributed by atoms with van der Waals surface area (Å²) < 4.78 is 13.4. The molecule has 2 aromatic carbocycles. The van der Waals surface area contributed by atoms with Crippen LogP contribution in [0.25, 0.3) is 0 Å². The molecule has 1 aliphatic heterocycles. The Bertz CT molecular complexity index is 694. The molecule has 0 atom stereocenters. The van der Waals surface area contributed by atoms with Crippen molar-refractivity contribution in [2.75, 3.05) is 32.7 Å². The number of halogens is 1. The van der Waals surface area contributed by atoms with E-state index in [-0.39, 0.29) is 11.7 Å². The minimum atomic E-state index is -0.356. The molecule has 1 heterocycles. The molecule has 1 amide bonds. The Kier molecular flexibility index (Phi) is 5.26. The van der Waals surface area contributed by atoms with Gasteiger partial charge in [-0.05, 0) is 36.6 Å². The van der Waals surface area contributed by atoms with Crippen molar-refractivity contribution in [1.29, 1.82) is 0 Å². The average molecular weight is 326 g/mol. The largest absolute Gasteiger partial charge is 0.336 e. The molecule has 0 aromatic heterocycles. The first-order valence-corrected chi connectivity index (χ1v) is 8.45. The number of rotatable bonds is 4. The monoisotopic (exact) mass is 326 g/mol. The van der Waals surface area contributed by atoms with Crippen LogP contribution in [0.15, 0.2) is 48.5 Å². The van der Waals surface area contributed by atoms with Gasteiger partial charge in [-0.2, -0.15) is 0 Å². The van der Waals surface area contributed by atoms with Gasteiger partial charge in [-0.1, -0.05) is 36.4 Å². The van der Waals surface area contributed by atoms with Gasteiger partial charge in [0.25, 0.3) is 5.91 Å². The zero-order chi connectivity index (χ0) is 16.9. The topological polar surface area (TPSA) is 23.6 Å². The molecule has 1 aliphatic rings. The predicted molar refractivity (Wildman–Crippen MR) is 93.6 cm³/mol. The molecule has 0 bridgehead atoms. The van der Waals surface area contributed by atoms with Crippen LogP contribution in [0.2, 0.25) is 0 Å². The van der Waals surface area contributed by atoms with Crippen LogP contribution >= 0.6 is 0 Å². The van der Waals surface area contributed by atoms with E-state index >= 15 is 0 Å². The maximum absolute atomic E-state index is 13.4. The third kappa shape index (κ3) is 4.01. The summed E-state index contributed by atoms with van der Waals surface area (Å²) in [5.74, 6) is -0.417. The molecular formula is C20H23FN2O. The first-order valence-electron chi connectivity index (χ1n) is 8.45. The summed E-state index contributed by atoms with van der Waals surface area (Å²) in [5, 5.41) is 0. The molecular weight excluding hydrogens is 303 g/mol. The molecule has 0 N–H and O–H groups in total. The second kappa shape index (κ2) is 7.58. The second-order valence-corrected chi connectivity index (χ2v) is 6.33. The maximum atomic E-state index is 13.4. The van der Waals surface area contributed by atoms with E-state index in [1.165, 1.54) is 17.7 Å². The minimum absolute atomic E-state index is 0.0605. The van der Waals surface area contributed by atoms with Gasteiger partial charge in [-0.3, -0.25) is 9.69 Å². The number of aryl methyl sites for hydroxylation is 1. The van der Waals surface area contributed by atoms with Gasteiger partial charge in [0, 0.05) is 38.3 Å². The fourth-order valence-electron chi connectivity index (χ4n) is 3.10. The van der Waals surface area contributed by atoms with Gasteiger partial charge < -0.3 is 4.90 Å². The molecule has 0 radical (unpaired) electrons. The lowest BCUT2D eigenvalue weighted by Crippen LogP contribution is -2.49. The Morgan fingerprint density at radius 3 is 2.46 bits per heavy atom. The molecule has 2 aromatic rings. The van der Waals surface area contributed by atoms with E-state index in [2.05, 4.69) is 29.2 Å². The predicted octanol–water partition coefficient (Wildman–Crippen LogP) is 3.13. The molecule has 3 nitrogen and oxygen atoms in total. The fraction of sp³-hybridized carbons (Fsp3) is 0.350. The van der Waals surface area contributed by atoms with E-state index in [0.29, 0.717) is 18.7 Å². The van der Waals surface area contributed by atoms with Gasteiger partial charge in [-0.25, -0.2) is 4.39 Å². The van der Waals surface area contributed by atoms with Crippen LogP contribution in [0.4, 0.5) is 4.39 Å². The normalized spacial score (nSPS) is 15.5. The van der Waals surface area contributed by atoms with Crippen molar-refractivity contribution in [2.45, 2.75) is 13.3 Å². The van der Waals surface area contributed by atoms with E-state index in [4.69, 9.17) is 0 Å². The zero-order valence-corrected chi connectivity index (χ0v) is 14.0. The fourth-order valence-corrected chi connectivity index (χ4v) is 3.10. The molecule has 3 rings (SSSR count). The molecule has 1 saturated heterocycles.